The van der Waals surface area contributed by atoms with Gasteiger partial charge in [0.15, 0.2) is 0 Å². The van der Waals surface area contributed by atoms with Gasteiger partial charge in [0.1, 0.15) is 6.61 Å². The van der Waals surface area contributed by atoms with Crippen molar-refractivity contribution in [3.63, 3.8) is 0 Å². The van der Waals surface area contributed by atoms with E-state index < -0.39 is 0 Å². The molecule has 2 heterocycles. The quantitative estimate of drug-likeness (QED) is 0.909. The average molecular weight is 288 g/mol. The van der Waals surface area contributed by atoms with Gasteiger partial charge in [-0.15, -0.1) is 0 Å². The summed E-state index contributed by atoms with van der Waals surface area (Å²) in [5, 5.41) is 3.64. The summed E-state index contributed by atoms with van der Waals surface area (Å²) in [6, 6.07) is 9.85. The van der Waals surface area contributed by atoms with Crippen LogP contribution in [0, 0.1) is 0 Å². The molecule has 1 aromatic carbocycles. The molecule has 2 fully saturated rings. The summed E-state index contributed by atoms with van der Waals surface area (Å²) >= 11 is 0. The standard InChI is InChI=1S/C17H24N2O2/c20-16(21-13-15-7-2-1-3-8-15)19-12-6-10-17(14-19)9-4-5-11-18-17/h1-3,7-8,18H,4-6,9-14H2/t17-/m1/s1. The van der Waals surface area contributed by atoms with E-state index in [9.17, 15) is 4.79 Å². The van der Waals surface area contributed by atoms with E-state index in [4.69, 9.17) is 4.74 Å². The van der Waals surface area contributed by atoms with Gasteiger partial charge in [0.05, 0.1) is 0 Å². The zero-order valence-electron chi connectivity index (χ0n) is 12.5. The molecule has 21 heavy (non-hydrogen) atoms. The monoisotopic (exact) mass is 288 g/mol. The molecule has 114 valence electrons. The maximum atomic E-state index is 12.3. The van der Waals surface area contributed by atoms with E-state index in [-0.39, 0.29) is 11.6 Å². The van der Waals surface area contributed by atoms with Crippen molar-refractivity contribution in [3.05, 3.63) is 35.9 Å². The fourth-order valence-electron chi connectivity index (χ4n) is 3.48. The van der Waals surface area contributed by atoms with Crippen LogP contribution in [0.1, 0.15) is 37.7 Å². The Morgan fingerprint density at radius 2 is 2.00 bits per heavy atom. The second-order valence-electron chi connectivity index (χ2n) is 6.23. The van der Waals surface area contributed by atoms with Gasteiger partial charge in [-0.2, -0.15) is 0 Å². The highest BCUT2D eigenvalue weighted by molar-refractivity contribution is 5.68. The predicted molar refractivity (Wildman–Crippen MR) is 82.0 cm³/mol. The van der Waals surface area contributed by atoms with Crippen LogP contribution in [0.15, 0.2) is 30.3 Å². The molecule has 0 saturated carbocycles. The Hall–Kier alpha value is -1.55. The van der Waals surface area contributed by atoms with E-state index in [1.165, 1.54) is 25.7 Å². The number of likely N-dealkylation sites (tertiary alicyclic amines) is 1. The first-order valence-electron chi connectivity index (χ1n) is 7.98. The molecule has 3 rings (SSSR count). The van der Waals surface area contributed by atoms with E-state index in [0.717, 1.165) is 31.6 Å². The molecule has 2 saturated heterocycles. The number of hydrogen-bond acceptors (Lipinski definition) is 3. The predicted octanol–water partition coefficient (Wildman–Crippen LogP) is 2.93. The molecule has 4 heteroatoms. The number of rotatable bonds is 2. The zero-order valence-corrected chi connectivity index (χ0v) is 12.5. The second kappa shape index (κ2) is 6.48. The lowest BCUT2D eigenvalue weighted by Crippen LogP contribution is -2.59. The van der Waals surface area contributed by atoms with E-state index >= 15 is 0 Å². The fraction of sp³-hybridized carbons (Fsp3) is 0.588. The van der Waals surface area contributed by atoms with Gasteiger partial charge in [-0.25, -0.2) is 4.79 Å². The molecule has 4 nitrogen and oxygen atoms in total. The van der Waals surface area contributed by atoms with Crippen LogP contribution in [0.3, 0.4) is 0 Å². The maximum Gasteiger partial charge on any atom is 0.410 e. The number of piperidine rings is 2. The minimum Gasteiger partial charge on any atom is -0.445 e. The molecular formula is C17H24N2O2. The number of hydrogen-bond donors (Lipinski definition) is 1. The largest absolute Gasteiger partial charge is 0.445 e. The molecule has 1 aromatic rings. The van der Waals surface area contributed by atoms with Crippen molar-refractivity contribution in [2.45, 2.75) is 44.2 Å². The van der Waals surface area contributed by atoms with Gasteiger partial charge in [-0.05, 0) is 37.8 Å². The molecule has 2 aliphatic rings. The Morgan fingerprint density at radius 3 is 2.76 bits per heavy atom. The van der Waals surface area contributed by atoms with Gasteiger partial charge in [-0.1, -0.05) is 36.8 Å². The normalized spacial score (nSPS) is 25.8. The number of amides is 1. The second-order valence-corrected chi connectivity index (χ2v) is 6.23. The number of ether oxygens (including phenoxy) is 1. The summed E-state index contributed by atoms with van der Waals surface area (Å²) in [7, 11) is 0. The van der Waals surface area contributed by atoms with Crippen LogP contribution in [0.2, 0.25) is 0 Å². The fourth-order valence-corrected chi connectivity index (χ4v) is 3.48. The maximum absolute atomic E-state index is 12.3. The summed E-state index contributed by atoms with van der Waals surface area (Å²) in [6.45, 7) is 3.04. The summed E-state index contributed by atoms with van der Waals surface area (Å²) in [5.74, 6) is 0. The van der Waals surface area contributed by atoms with Crippen molar-refractivity contribution in [2.75, 3.05) is 19.6 Å². The van der Waals surface area contributed by atoms with Crippen molar-refractivity contribution >= 4 is 6.09 Å². The zero-order chi connectivity index (χ0) is 14.5. The molecule has 0 radical (unpaired) electrons. The lowest BCUT2D eigenvalue weighted by molar-refractivity contribution is 0.0578. The van der Waals surface area contributed by atoms with Gasteiger partial charge in [0, 0.05) is 18.6 Å². The SMILES string of the molecule is O=C(OCc1ccccc1)N1CCC[C@]2(CCCCN2)C1. The van der Waals surface area contributed by atoms with Crippen molar-refractivity contribution < 1.29 is 9.53 Å². The minimum atomic E-state index is -0.176. The first-order valence-corrected chi connectivity index (χ1v) is 7.98. The van der Waals surface area contributed by atoms with Gasteiger partial charge in [0.2, 0.25) is 0 Å². The first-order chi connectivity index (χ1) is 10.3. The smallest absolute Gasteiger partial charge is 0.410 e. The van der Waals surface area contributed by atoms with E-state index in [0.29, 0.717) is 6.61 Å². The summed E-state index contributed by atoms with van der Waals surface area (Å²) in [4.78, 5) is 14.2. The minimum absolute atomic E-state index is 0.141. The highest BCUT2D eigenvalue weighted by Crippen LogP contribution is 2.29. The van der Waals surface area contributed by atoms with Gasteiger partial charge in [-0.3, -0.25) is 0 Å². The van der Waals surface area contributed by atoms with Crippen LogP contribution >= 0.6 is 0 Å². The number of nitrogens with zero attached hydrogens (tertiary/aromatic N) is 1. The third-order valence-electron chi connectivity index (χ3n) is 4.62. The van der Waals surface area contributed by atoms with Crippen LogP contribution in [-0.2, 0) is 11.3 Å². The van der Waals surface area contributed by atoms with Gasteiger partial charge >= 0.3 is 6.09 Å². The molecule has 1 N–H and O–H groups in total. The van der Waals surface area contributed by atoms with Crippen LogP contribution in [0.25, 0.3) is 0 Å². The van der Waals surface area contributed by atoms with Crippen molar-refractivity contribution in [1.29, 1.82) is 0 Å². The van der Waals surface area contributed by atoms with E-state index in [2.05, 4.69) is 5.32 Å². The molecular weight excluding hydrogens is 264 g/mol. The number of carbonyl (C=O) groups excluding carboxylic acids is 1. The van der Waals surface area contributed by atoms with Crippen LogP contribution in [0.5, 0.6) is 0 Å². The molecule has 2 aliphatic heterocycles. The molecule has 1 atom stereocenters. The van der Waals surface area contributed by atoms with Crippen molar-refractivity contribution in [3.8, 4) is 0 Å². The molecule has 0 aliphatic carbocycles. The number of carbonyl (C=O) groups is 1. The number of benzene rings is 1. The number of nitrogens with one attached hydrogen (secondary N) is 1. The van der Waals surface area contributed by atoms with E-state index in [1.54, 1.807) is 0 Å². The Morgan fingerprint density at radius 1 is 1.19 bits per heavy atom. The molecule has 0 unspecified atom stereocenters. The third kappa shape index (κ3) is 3.56. The Bertz CT molecular complexity index is 463. The van der Waals surface area contributed by atoms with Crippen LogP contribution in [-0.4, -0.2) is 36.2 Å². The third-order valence-corrected chi connectivity index (χ3v) is 4.62. The molecule has 0 aromatic heterocycles. The topological polar surface area (TPSA) is 41.6 Å². The Balaban J connectivity index is 1.54. The van der Waals surface area contributed by atoms with Crippen molar-refractivity contribution in [1.82, 2.24) is 10.2 Å². The highest BCUT2D eigenvalue weighted by Gasteiger charge is 2.38. The van der Waals surface area contributed by atoms with Gasteiger partial charge in [0.25, 0.3) is 0 Å². The summed E-state index contributed by atoms with van der Waals surface area (Å²) in [5.41, 5.74) is 1.18. The molecule has 1 amide bonds. The Kier molecular flexibility index (Phi) is 4.44. The van der Waals surface area contributed by atoms with Crippen LogP contribution in [0.4, 0.5) is 4.79 Å². The van der Waals surface area contributed by atoms with Gasteiger partial charge < -0.3 is 15.0 Å². The van der Waals surface area contributed by atoms with E-state index in [1.807, 2.05) is 35.2 Å². The van der Waals surface area contributed by atoms with Crippen LogP contribution < -0.4 is 5.32 Å². The molecule has 0 bridgehead atoms. The van der Waals surface area contributed by atoms with Crippen molar-refractivity contribution in [2.24, 2.45) is 0 Å². The first kappa shape index (κ1) is 14.4. The lowest BCUT2D eigenvalue weighted by Gasteiger charge is -2.45. The summed E-state index contributed by atoms with van der Waals surface area (Å²) < 4.78 is 5.46. The highest BCUT2D eigenvalue weighted by atomic mass is 16.6. The average Bonchev–Trinajstić information content (AvgIpc) is 2.54. The lowest BCUT2D eigenvalue weighted by atomic mass is 9.82. The Labute approximate surface area is 126 Å². The summed E-state index contributed by atoms with van der Waals surface area (Å²) in [6.07, 6.45) is 5.75. The molecule has 1 spiro atoms.